The molecule has 0 unspecified atom stereocenters. The van der Waals surface area contributed by atoms with Crippen molar-refractivity contribution in [2.24, 2.45) is 4.99 Å². The quantitative estimate of drug-likeness (QED) is 0.376. The van der Waals surface area contributed by atoms with E-state index in [0.717, 1.165) is 40.7 Å². The zero-order valence-electron chi connectivity index (χ0n) is 19.3. The maximum Gasteiger partial charge on any atom is 0.251 e. The summed E-state index contributed by atoms with van der Waals surface area (Å²) < 4.78 is 1.98. The number of amides is 1. The van der Waals surface area contributed by atoms with Crippen molar-refractivity contribution in [3.8, 4) is 5.69 Å². The van der Waals surface area contributed by atoms with Crippen LogP contribution in [-0.4, -0.2) is 34.7 Å². The van der Waals surface area contributed by atoms with Crippen LogP contribution in [0, 0.1) is 13.8 Å². The molecular formula is C25H32N6O. The number of benzene rings is 2. The Labute approximate surface area is 190 Å². The van der Waals surface area contributed by atoms with Gasteiger partial charge < -0.3 is 16.0 Å². The highest BCUT2D eigenvalue weighted by atomic mass is 16.1. The number of aliphatic imine (C=N–C) groups is 1. The number of para-hydroxylation sites is 1. The Kier molecular flexibility index (Phi) is 8.02. The van der Waals surface area contributed by atoms with Gasteiger partial charge in [-0.05, 0) is 63.1 Å². The molecule has 0 saturated heterocycles. The van der Waals surface area contributed by atoms with Crippen LogP contribution in [-0.2, 0) is 13.1 Å². The number of carbonyl (C=O) groups excluding carboxylic acids is 1. The fourth-order valence-corrected chi connectivity index (χ4v) is 3.50. The topological polar surface area (TPSA) is 83.3 Å². The number of nitrogens with zero attached hydrogens (tertiary/aromatic N) is 3. The van der Waals surface area contributed by atoms with E-state index in [9.17, 15) is 4.79 Å². The van der Waals surface area contributed by atoms with Crippen LogP contribution < -0.4 is 16.0 Å². The second-order valence-corrected chi connectivity index (χ2v) is 7.58. The van der Waals surface area contributed by atoms with E-state index in [1.54, 1.807) is 0 Å². The number of hydrogen-bond acceptors (Lipinski definition) is 3. The van der Waals surface area contributed by atoms with Gasteiger partial charge in [0, 0.05) is 30.9 Å². The van der Waals surface area contributed by atoms with Gasteiger partial charge >= 0.3 is 0 Å². The van der Waals surface area contributed by atoms with Gasteiger partial charge in [0.15, 0.2) is 5.96 Å². The van der Waals surface area contributed by atoms with E-state index in [0.29, 0.717) is 25.2 Å². The van der Waals surface area contributed by atoms with Crippen molar-refractivity contribution in [1.29, 1.82) is 0 Å². The zero-order valence-corrected chi connectivity index (χ0v) is 19.3. The lowest BCUT2D eigenvalue weighted by molar-refractivity contribution is 0.0955. The van der Waals surface area contributed by atoms with Crippen LogP contribution >= 0.6 is 0 Å². The number of guanidine groups is 1. The molecule has 1 amide bonds. The molecule has 0 bridgehead atoms. The molecule has 3 aromatic rings. The number of rotatable bonds is 8. The zero-order chi connectivity index (χ0) is 22.9. The molecule has 0 fully saturated rings. The standard InChI is InChI=1S/C25H32N6O/c1-5-26-24(32)21-12-9-10-20(15-21)16-28-25(27-6-2)29-17-22-11-7-8-13-23(22)31-19(4)14-18(3)30-31/h7-15H,5-6,16-17H2,1-4H3,(H,26,32)(H2,27,28,29). The molecule has 168 valence electrons. The number of aryl methyl sites for hydroxylation is 2. The first-order valence-electron chi connectivity index (χ1n) is 11.0. The first kappa shape index (κ1) is 23.1. The summed E-state index contributed by atoms with van der Waals surface area (Å²) in [5.74, 6) is 0.656. The molecule has 0 aliphatic heterocycles. The monoisotopic (exact) mass is 432 g/mol. The maximum absolute atomic E-state index is 12.1. The fourth-order valence-electron chi connectivity index (χ4n) is 3.50. The minimum Gasteiger partial charge on any atom is -0.357 e. The Bertz CT molecular complexity index is 1090. The summed E-state index contributed by atoms with van der Waals surface area (Å²) >= 11 is 0. The molecule has 0 aliphatic rings. The van der Waals surface area contributed by atoms with Crippen molar-refractivity contribution in [3.63, 3.8) is 0 Å². The van der Waals surface area contributed by atoms with Crippen LogP contribution in [0.4, 0.5) is 0 Å². The van der Waals surface area contributed by atoms with E-state index in [2.05, 4.69) is 46.2 Å². The van der Waals surface area contributed by atoms with E-state index in [1.807, 2.05) is 61.9 Å². The summed E-state index contributed by atoms with van der Waals surface area (Å²) in [5.41, 5.74) is 5.90. The lowest BCUT2D eigenvalue weighted by Crippen LogP contribution is -2.37. The van der Waals surface area contributed by atoms with E-state index >= 15 is 0 Å². The Morgan fingerprint density at radius 2 is 1.75 bits per heavy atom. The molecule has 0 spiro atoms. The van der Waals surface area contributed by atoms with Crippen LogP contribution in [0.3, 0.4) is 0 Å². The Morgan fingerprint density at radius 3 is 2.47 bits per heavy atom. The molecule has 7 nitrogen and oxygen atoms in total. The van der Waals surface area contributed by atoms with Crippen molar-refractivity contribution < 1.29 is 4.79 Å². The third-order valence-corrected chi connectivity index (χ3v) is 4.97. The normalized spacial score (nSPS) is 11.3. The fraction of sp³-hybridized carbons (Fsp3) is 0.320. The Hall–Kier alpha value is -3.61. The molecule has 32 heavy (non-hydrogen) atoms. The van der Waals surface area contributed by atoms with Gasteiger partial charge in [-0.1, -0.05) is 30.3 Å². The van der Waals surface area contributed by atoms with E-state index in [-0.39, 0.29) is 5.91 Å². The Morgan fingerprint density at radius 1 is 0.969 bits per heavy atom. The predicted octanol–water partition coefficient (Wildman–Crippen LogP) is 3.49. The van der Waals surface area contributed by atoms with Gasteiger partial charge in [0.2, 0.25) is 0 Å². The van der Waals surface area contributed by atoms with Gasteiger partial charge in [0.25, 0.3) is 5.91 Å². The molecule has 0 aliphatic carbocycles. The summed E-state index contributed by atoms with van der Waals surface area (Å²) in [6.45, 7) is 10.5. The average Bonchev–Trinajstić information content (AvgIpc) is 3.14. The lowest BCUT2D eigenvalue weighted by atomic mass is 10.1. The first-order chi connectivity index (χ1) is 15.5. The van der Waals surface area contributed by atoms with E-state index in [1.165, 1.54) is 0 Å². The molecule has 1 aromatic heterocycles. The summed E-state index contributed by atoms with van der Waals surface area (Å²) in [5, 5.41) is 14.2. The van der Waals surface area contributed by atoms with Crippen molar-refractivity contribution in [2.75, 3.05) is 13.1 Å². The van der Waals surface area contributed by atoms with Crippen LogP contribution in [0.5, 0.6) is 0 Å². The molecule has 0 radical (unpaired) electrons. The van der Waals surface area contributed by atoms with Crippen LogP contribution in [0.25, 0.3) is 5.69 Å². The molecule has 7 heteroatoms. The number of carbonyl (C=O) groups is 1. The second-order valence-electron chi connectivity index (χ2n) is 7.58. The van der Waals surface area contributed by atoms with E-state index < -0.39 is 0 Å². The van der Waals surface area contributed by atoms with Crippen molar-refractivity contribution in [3.05, 3.63) is 82.7 Å². The summed E-state index contributed by atoms with van der Waals surface area (Å²) in [7, 11) is 0. The highest BCUT2D eigenvalue weighted by Gasteiger charge is 2.09. The minimum atomic E-state index is -0.0656. The van der Waals surface area contributed by atoms with Gasteiger partial charge in [0.05, 0.1) is 17.9 Å². The second kappa shape index (κ2) is 11.1. The van der Waals surface area contributed by atoms with Gasteiger partial charge in [-0.25, -0.2) is 9.67 Å². The third kappa shape index (κ3) is 5.97. The summed E-state index contributed by atoms with van der Waals surface area (Å²) in [4.78, 5) is 16.8. The third-order valence-electron chi connectivity index (χ3n) is 4.97. The van der Waals surface area contributed by atoms with Gasteiger partial charge in [-0.15, -0.1) is 0 Å². The summed E-state index contributed by atoms with van der Waals surface area (Å²) in [6, 6.07) is 17.9. The van der Waals surface area contributed by atoms with Gasteiger partial charge in [-0.2, -0.15) is 5.10 Å². The molecule has 0 atom stereocenters. The molecule has 0 saturated carbocycles. The molecule has 3 N–H and O–H groups in total. The average molecular weight is 433 g/mol. The van der Waals surface area contributed by atoms with Gasteiger partial charge in [0.1, 0.15) is 0 Å². The van der Waals surface area contributed by atoms with Crippen molar-refractivity contribution >= 4 is 11.9 Å². The molecule has 2 aromatic carbocycles. The number of nitrogens with one attached hydrogen (secondary N) is 3. The smallest absolute Gasteiger partial charge is 0.251 e. The van der Waals surface area contributed by atoms with Crippen molar-refractivity contribution in [2.45, 2.75) is 40.8 Å². The lowest BCUT2D eigenvalue weighted by Gasteiger charge is -2.15. The number of hydrogen-bond donors (Lipinski definition) is 3. The number of aromatic nitrogens is 2. The van der Waals surface area contributed by atoms with Crippen molar-refractivity contribution in [1.82, 2.24) is 25.7 Å². The highest BCUT2D eigenvalue weighted by Crippen LogP contribution is 2.17. The summed E-state index contributed by atoms with van der Waals surface area (Å²) in [6.07, 6.45) is 0. The molecule has 3 rings (SSSR count). The highest BCUT2D eigenvalue weighted by molar-refractivity contribution is 5.94. The minimum absolute atomic E-state index is 0.0656. The SMILES string of the molecule is CCNC(=O)c1cccc(CN=C(NCC)NCc2ccccc2-n2nc(C)cc2C)c1. The van der Waals surface area contributed by atoms with E-state index in [4.69, 9.17) is 4.99 Å². The maximum atomic E-state index is 12.1. The van der Waals surface area contributed by atoms with Crippen LogP contribution in [0.2, 0.25) is 0 Å². The molecule has 1 heterocycles. The predicted molar refractivity (Wildman–Crippen MR) is 129 cm³/mol. The van der Waals surface area contributed by atoms with Crippen LogP contribution in [0.15, 0.2) is 59.6 Å². The largest absolute Gasteiger partial charge is 0.357 e. The van der Waals surface area contributed by atoms with Gasteiger partial charge in [-0.3, -0.25) is 4.79 Å². The Balaban J connectivity index is 1.73. The van der Waals surface area contributed by atoms with Crippen LogP contribution in [0.1, 0.15) is 46.7 Å². The molecular weight excluding hydrogens is 400 g/mol. The first-order valence-corrected chi connectivity index (χ1v) is 11.0.